The van der Waals surface area contributed by atoms with Gasteiger partial charge in [-0.3, -0.25) is 19.3 Å². The van der Waals surface area contributed by atoms with E-state index >= 15 is 0 Å². The number of aromatic nitrogens is 1. The van der Waals surface area contributed by atoms with Crippen LogP contribution in [0.1, 0.15) is 16.8 Å². The number of carbonyl (C=O) groups is 3. The molecule has 1 saturated heterocycles. The molecule has 0 radical (unpaired) electrons. The number of carbonyl (C=O) groups excluding carboxylic acids is 2. The van der Waals surface area contributed by atoms with Gasteiger partial charge >= 0.3 is 5.97 Å². The minimum Gasteiger partial charge on any atom is -0.480 e. The average Bonchev–Trinajstić information content (AvgIpc) is 3.12. The van der Waals surface area contributed by atoms with Gasteiger partial charge in [0.1, 0.15) is 6.54 Å². The lowest BCUT2D eigenvalue weighted by atomic mass is 10.1. The molecule has 4 rings (SSSR count). The van der Waals surface area contributed by atoms with Crippen molar-refractivity contribution in [1.82, 2.24) is 9.47 Å². The van der Waals surface area contributed by atoms with Gasteiger partial charge < -0.3 is 9.67 Å². The number of fused-ring (bicyclic) bond motifs is 1. The highest BCUT2D eigenvalue weighted by molar-refractivity contribution is 8.18. The second-order valence-corrected chi connectivity index (χ2v) is 7.74. The van der Waals surface area contributed by atoms with Gasteiger partial charge in [0, 0.05) is 28.7 Å². The molecule has 0 unspecified atom stereocenters. The Balaban J connectivity index is 1.78. The number of hydrogen-bond acceptors (Lipinski definition) is 4. The number of nitrogens with zero attached hydrogens (tertiary/aromatic N) is 2. The Kier molecular flexibility index (Phi) is 4.98. The highest BCUT2D eigenvalue weighted by atomic mass is 32.2. The summed E-state index contributed by atoms with van der Waals surface area (Å²) in [6.07, 6.45) is 1.70. The van der Waals surface area contributed by atoms with Gasteiger partial charge in [-0.2, -0.15) is 0 Å². The Labute approximate surface area is 171 Å². The molecule has 146 valence electrons. The van der Waals surface area contributed by atoms with E-state index in [-0.39, 0.29) is 4.91 Å². The summed E-state index contributed by atoms with van der Waals surface area (Å²) in [6.45, 7) is 2.04. The molecule has 2 amide bonds. The Morgan fingerprint density at radius 2 is 1.76 bits per heavy atom. The fraction of sp³-hybridized carbons (Fsp3) is 0.136. The van der Waals surface area contributed by atoms with Crippen LogP contribution in [0.4, 0.5) is 4.79 Å². The maximum Gasteiger partial charge on any atom is 0.323 e. The van der Waals surface area contributed by atoms with E-state index in [0.29, 0.717) is 6.54 Å². The number of para-hydroxylation sites is 1. The summed E-state index contributed by atoms with van der Waals surface area (Å²) in [5, 5.41) is 9.35. The summed E-state index contributed by atoms with van der Waals surface area (Å²) in [7, 11) is 0. The smallest absolute Gasteiger partial charge is 0.323 e. The lowest BCUT2D eigenvalue weighted by Gasteiger charge is -2.09. The van der Waals surface area contributed by atoms with Crippen molar-refractivity contribution in [3.05, 3.63) is 76.3 Å². The normalized spacial score (nSPS) is 15.6. The summed E-state index contributed by atoms with van der Waals surface area (Å²) < 4.78 is 2.18. The third kappa shape index (κ3) is 3.56. The minimum absolute atomic E-state index is 0.238. The van der Waals surface area contributed by atoms with Crippen LogP contribution >= 0.6 is 11.8 Å². The average molecular weight is 406 g/mol. The second-order valence-electron chi connectivity index (χ2n) is 6.75. The Morgan fingerprint density at radius 1 is 1.07 bits per heavy atom. The molecular formula is C22H18N2O4S. The predicted octanol–water partition coefficient (Wildman–Crippen LogP) is 4.12. The van der Waals surface area contributed by atoms with Crippen molar-refractivity contribution >= 4 is 45.9 Å². The van der Waals surface area contributed by atoms with Crippen LogP contribution in [0.15, 0.2) is 59.5 Å². The third-order valence-electron chi connectivity index (χ3n) is 4.91. The van der Waals surface area contributed by atoms with E-state index in [4.69, 9.17) is 5.11 Å². The van der Waals surface area contributed by atoms with Gasteiger partial charge in [-0.15, -0.1) is 0 Å². The van der Waals surface area contributed by atoms with Crippen molar-refractivity contribution < 1.29 is 19.5 Å². The summed E-state index contributed by atoms with van der Waals surface area (Å²) in [6, 6.07) is 18.0. The minimum atomic E-state index is -1.22. The number of benzene rings is 2. The van der Waals surface area contributed by atoms with E-state index < -0.39 is 23.7 Å². The van der Waals surface area contributed by atoms with E-state index in [1.807, 2.05) is 49.4 Å². The quantitative estimate of drug-likeness (QED) is 0.645. The molecule has 1 N–H and O–H groups in total. The van der Waals surface area contributed by atoms with Crippen LogP contribution in [0.3, 0.4) is 0 Å². The van der Waals surface area contributed by atoms with Gasteiger partial charge in [0.25, 0.3) is 11.1 Å². The summed E-state index contributed by atoms with van der Waals surface area (Å²) in [5.41, 5.74) is 4.02. The molecule has 3 aromatic rings. The van der Waals surface area contributed by atoms with Crippen molar-refractivity contribution in [2.45, 2.75) is 13.5 Å². The SMILES string of the molecule is Cc1c(/C=C2/SC(=O)N(CC(=O)O)C2=O)c2ccccc2n1Cc1ccccc1. The number of carboxylic acids is 1. The monoisotopic (exact) mass is 406 g/mol. The molecule has 2 heterocycles. The predicted molar refractivity (Wildman–Crippen MR) is 113 cm³/mol. The van der Waals surface area contributed by atoms with Crippen LogP contribution < -0.4 is 0 Å². The molecule has 1 aliphatic rings. The molecule has 6 nitrogen and oxygen atoms in total. The highest BCUT2D eigenvalue weighted by Gasteiger charge is 2.36. The number of carboxylic acid groups (broad SMARTS) is 1. The first-order chi connectivity index (χ1) is 14.0. The molecule has 0 spiro atoms. The van der Waals surface area contributed by atoms with Crippen molar-refractivity contribution in [2.75, 3.05) is 6.54 Å². The van der Waals surface area contributed by atoms with Gasteiger partial charge in [-0.1, -0.05) is 48.5 Å². The fourth-order valence-corrected chi connectivity index (χ4v) is 4.33. The van der Waals surface area contributed by atoms with Crippen LogP contribution in [0.25, 0.3) is 17.0 Å². The number of rotatable bonds is 5. The van der Waals surface area contributed by atoms with E-state index in [0.717, 1.165) is 44.4 Å². The summed E-state index contributed by atoms with van der Waals surface area (Å²) >= 11 is 0.775. The van der Waals surface area contributed by atoms with E-state index in [1.54, 1.807) is 6.08 Å². The topological polar surface area (TPSA) is 79.6 Å². The fourth-order valence-electron chi connectivity index (χ4n) is 3.51. The summed E-state index contributed by atoms with van der Waals surface area (Å²) in [4.78, 5) is 36.6. The molecule has 2 aromatic carbocycles. The van der Waals surface area contributed by atoms with Crippen molar-refractivity contribution in [3.63, 3.8) is 0 Å². The van der Waals surface area contributed by atoms with Crippen LogP contribution in [-0.4, -0.2) is 38.2 Å². The largest absolute Gasteiger partial charge is 0.480 e. The number of aliphatic carboxylic acids is 1. The molecule has 7 heteroatoms. The maximum absolute atomic E-state index is 12.5. The van der Waals surface area contributed by atoms with Crippen molar-refractivity contribution in [2.24, 2.45) is 0 Å². The standard InChI is InChI=1S/C22H18N2O4S/c1-14-17(11-19-21(27)24(13-20(25)26)22(28)29-19)16-9-5-6-10-18(16)23(14)12-15-7-3-2-4-8-15/h2-11H,12-13H2,1H3,(H,25,26)/b19-11+. The van der Waals surface area contributed by atoms with Gasteiger partial charge in [-0.25, -0.2) is 0 Å². The number of amides is 2. The van der Waals surface area contributed by atoms with E-state index in [2.05, 4.69) is 16.7 Å². The van der Waals surface area contributed by atoms with E-state index in [9.17, 15) is 14.4 Å². The first-order valence-corrected chi connectivity index (χ1v) is 9.86. The summed E-state index contributed by atoms with van der Waals surface area (Å²) in [5.74, 6) is -1.79. The first kappa shape index (κ1) is 19.0. The molecule has 1 aliphatic heterocycles. The Bertz CT molecular complexity index is 1160. The first-order valence-electron chi connectivity index (χ1n) is 9.04. The van der Waals surface area contributed by atoms with Gasteiger partial charge in [0.05, 0.1) is 4.91 Å². The van der Waals surface area contributed by atoms with Gasteiger partial charge in [0.15, 0.2) is 0 Å². The molecule has 0 atom stereocenters. The van der Waals surface area contributed by atoms with E-state index in [1.165, 1.54) is 0 Å². The Morgan fingerprint density at radius 3 is 2.48 bits per heavy atom. The van der Waals surface area contributed by atoms with Crippen molar-refractivity contribution in [3.8, 4) is 0 Å². The lowest BCUT2D eigenvalue weighted by Crippen LogP contribution is -2.33. The lowest BCUT2D eigenvalue weighted by molar-refractivity contribution is -0.140. The van der Waals surface area contributed by atoms with Crippen molar-refractivity contribution in [1.29, 1.82) is 0 Å². The zero-order valence-electron chi connectivity index (χ0n) is 15.7. The van der Waals surface area contributed by atoms with Crippen LogP contribution in [-0.2, 0) is 16.1 Å². The maximum atomic E-state index is 12.5. The zero-order chi connectivity index (χ0) is 20.5. The van der Waals surface area contributed by atoms with Crippen LogP contribution in [0.5, 0.6) is 0 Å². The molecule has 0 aliphatic carbocycles. The number of hydrogen-bond donors (Lipinski definition) is 1. The second kappa shape index (κ2) is 7.60. The molecule has 1 fully saturated rings. The molecule has 1 aromatic heterocycles. The van der Waals surface area contributed by atoms with Crippen LogP contribution in [0.2, 0.25) is 0 Å². The van der Waals surface area contributed by atoms with Crippen LogP contribution in [0, 0.1) is 6.92 Å². The van der Waals surface area contributed by atoms with Gasteiger partial charge in [-0.05, 0) is 36.4 Å². The molecule has 0 bridgehead atoms. The number of thioether (sulfide) groups is 1. The zero-order valence-corrected chi connectivity index (χ0v) is 16.5. The van der Waals surface area contributed by atoms with Gasteiger partial charge in [0.2, 0.25) is 0 Å². The number of imide groups is 1. The molecule has 29 heavy (non-hydrogen) atoms. The molecular weight excluding hydrogens is 388 g/mol. The highest BCUT2D eigenvalue weighted by Crippen LogP contribution is 2.35. The molecule has 0 saturated carbocycles. The third-order valence-corrected chi connectivity index (χ3v) is 5.81. The Hall–Kier alpha value is -3.32.